The Bertz CT molecular complexity index is 391. The first-order chi connectivity index (χ1) is 8.18. The highest BCUT2D eigenvalue weighted by Gasteiger charge is 2.41. The molecule has 0 bridgehead atoms. The van der Waals surface area contributed by atoms with Crippen LogP contribution < -0.4 is 0 Å². The third kappa shape index (κ3) is 2.64. The summed E-state index contributed by atoms with van der Waals surface area (Å²) in [5, 5.41) is 8.03. The Morgan fingerprint density at radius 2 is 2.24 bits per heavy atom. The van der Waals surface area contributed by atoms with Crippen LogP contribution in [0.2, 0.25) is 0 Å². The van der Waals surface area contributed by atoms with Gasteiger partial charge in [0.2, 0.25) is 0 Å². The quantitative estimate of drug-likeness (QED) is 0.754. The third-order valence-corrected chi connectivity index (χ3v) is 3.33. The Balaban J connectivity index is 0.000000686. The van der Waals surface area contributed by atoms with E-state index in [4.69, 9.17) is 4.74 Å². The Hall–Kier alpha value is -1.42. The minimum atomic E-state index is 0.162. The first-order valence-corrected chi connectivity index (χ1v) is 5.72. The van der Waals surface area contributed by atoms with Crippen molar-refractivity contribution in [2.75, 3.05) is 13.2 Å². The average Bonchev–Trinajstić information content (AvgIpc) is 2.71. The lowest BCUT2D eigenvalue weighted by Gasteiger charge is -2.42. The Labute approximate surface area is 103 Å². The van der Waals surface area contributed by atoms with E-state index in [-0.39, 0.29) is 5.41 Å². The Morgan fingerprint density at radius 3 is 2.59 bits per heavy atom. The van der Waals surface area contributed by atoms with Crippen molar-refractivity contribution in [1.29, 1.82) is 0 Å². The van der Waals surface area contributed by atoms with E-state index in [1.54, 1.807) is 6.33 Å². The van der Waals surface area contributed by atoms with Gasteiger partial charge in [0.25, 0.3) is 0 Å². The van der Waals surface area contributed by atoms with E-state index in [0.717, 1.165) is 25.5 Å². The van der Waals surface area contributed by atoms with E-state index in [9.17, 15) is 0 Å². The summed E-state index contributed by atoms with van der Waals surface area (Å²) in [5.74, 6) is 1.03. The van der Waals surface area contributed by atoms with Gasteiger partial charge in [0.1, 0.15) is 12.2 Å². The number of ether oxygens (including phenoxy) is 1. The number of aryl methyl sites for hydroxylation is 1. The van der Waals surface area contributed by atoms with Gasteiger partial charge in [-0.25, -0.2) is 0 Å². The maximum atomic E-state index is 5.35. The lowest BCUT2D eigenvalue weighted by molar-refractivity contribution is -0.0898. The van der Waals surface area contributed by atoms with Crippen molar-refractivity contribution in [1.82, 2.24) is 14.8 Å². The summed E-state index contributed by atoms with van der Waals surface area (Å²) in [6.07, 6.45) is 4.83. The van der Waals surface area contributed by atoms with Gasteiger partial charge in [-0.1, -0.05) is 11.6 Å². The number of allylic oxidation sites excluding steroid dienone is 1. The van der Waals surface area contributed by atoms with Gasteiger partial charge in [0, 0.05) is 18.9 Å². The minimum Gasteiger partial charge on any atom is -0.379 e. The van der Waals surface area contributed by atoms with Crippen LogP contribution in [0.5, 0.6) is 0 Å². The van der Waals surface area contributed by atoms with Gasteiger partial charge in [-0.2, -0.15) is 0 Å². The SMILES string of the molecule is C/C=C(\C)C1(Cc2nncn2C)COC1.C=C. The molecule has 0 aromatic carbocycles. The molecule has 1 aromatic rings. The van der Waals surface area contributed by atoms with Gasteiger partial charge in [-0.15, -0.1) is 23.4 Å². The van der Waals surface area contributed by atoms with Crippen molar-refractivity contribution in [3.8, 4) is 0 Å². The first kappa shape index (κ1) is 13.6. The monoisotopic (exact) mass is 235 g/mol. The molecule has 1 saturated heterocycles. The summed E-state index contributed by atoms with van der Waals surface area (Å²) < 4.78 is 7.33. The molecule has 2 rings (SSSR count). The topological polar surface area (TPSA) is 39.9 Å². The maximum absolute atomic E-state index is 5.35. The Kier molecular flexibility index (Phi) is 4.63. The van der Waals surface area contributed by atoms with Gasteiger partial charge in [-0.3, -0.25) is 0 Å². The summed E-state index contributed by atoms with van der Waals surface area (Å²) in [7, 11) is 1.98. The minimum absolute atomic E-state index is 0.162. The molecule has 2 heterocycles. The first-order valence-electron chi connectivity index (χ1n) is 5.72. The lowest BCUT2D eigenvalue weighted by Crippen LogP contribution is -2.45. The highest BCUT2D eigenvalue weighted by atomic mass is 16.5. The van der Waals surface area contributed by atoms with E-state index in [1.807, 2.05) is 11.6 Å². The number of rotatable bonds is 3. The molecule has 1 aliphatic rings. The summed E-state index contributed by atoms with van der Waals surface area (Å²) >= 11 is 0. The fraction of sp³-hybridized carbons (Fsp3) is 0.538. The zero-order valence-corrected chi connectivity index (χ0v) is 10.9. The molecule has 0 amide bonds. The van der Waals surface area contributed by atoms with E-state index in [0.29, 0.717) is 0 Å². The van der Waals surface area contributed by atoms with Crippen molar-refractivity contribution in [2.24, 2.45) is 12.5 Å². The summed E-state index contributed by atoms with van der Waals surface area (Å²) in [4.78, 5) is 0. The number of aromatic nitrogens is 3. The molecule has 94 valence electrons. The van der Waals surface area contributed by atoms with Crippen molar-refractivity contribution in [3.05, 3.63) is 37.0 Å². The fourth-order valence-corrected chi connectivity index (χ4v) is 1.89. The second-order valence-corrected chi connectivity index (χ2v) is 4.28. The zero-order valence-electron chi connectivity index (χ0n) is 10.9. The molecule has 1 aromatic heterocycles. The van der Waals surface area contributed by atoms with Crippen molar-refractivity contribution in [3.63, 3.8) is 0 Å². The average molecular weight is 235 g/mol. The van der Waals surface area contributed by atoms with Crippen LogP contribution >= 0.6 is 0 Å². The molecule has 17 heavy (non-hydrogen) atoms. The number of nitrogens with zero attached hydrogens (tertiary/aromatic N) is 3. The fourth-order valence-electron chi connectivity index (χ4n) is 1.89. The molecule has 1 fully saturated rings. The number of hydrogen-bond acceptors (Lipinski definition) is 3. The predicted molar refractivity (Wildman–Crippen MR) is 68.6 cm³/mol. The van der Waals surface area contributed by atoms with E-state index < -0.39 is 0 Å². The smallest absolute Gasteiger partial charge is 0.133 e. The summed E-state index contributed by atoms with van der Waals surface area (Å²) in [5.41, 5.74) is 1.55. The number of hydrogen-bond donors (Lipinski definition) is 0. The highest BCUT2D eigenvalue weighted by molar-refractivity contribution is 5.17. The largest absolute Gasteiger partial charge is 0.379 e. The maximum Gasteiger partial charge on any atom is 0.133 e. The van der Waals surface area contributed by atoms with E-state index in [2.05, 4.69) is 43.3 Å². The molecular weight excluding hydrogens is 214 g/mol. The molecule has 0 N–H and O–H groups in total. The standard InChI is InChI=1S/C11H17N3O.C2H4/c1-4-9(2)11(6-15-7-11)5-10-13-12-8-14(10)3;1-2/h4,8H,5-7H2,1-3H3;1-2H2/b9-4+;. The second-order valence-electron chi connectivity index (χ2n) is 4.28. The highest BCUT2D eigenvalue weighted by Crippen LogP contribution is 2.38. The Morgan fingerprint density at radius 1 is 1.59 bits per heavy atom. The zero-order chi connectivity index (χ0) is 12.9. The van der Waals surface area contributed by atoms with E-state index >= 15 is 0 Å². The van der Waals surface area contributed by atoms with Gasteiger partial charge in [0.15, 0.2) is 0 Å². The van der Waals surface area contributed by atoms with E-state index in [1.165, 1.54) is 5.57 Å². The van der Waals surface area contributed by atoms with Gasteiger partial charge in [-0.05, 0) is 13.8 Å². The third-order valence-electron chi connectivity index (χ3n) is 3.33. The van der Waals surface area contributed by atoms with Crippen LogP contribution in [0.4, 0.5) is 0 Å². The van der Waals surface area contributed by atoms with Crippen LogP contribution in [0.3, 0.4) is 0 Å². The molecule has 4 heteroatoms. The van der Waals surface area contributed by atoms with Crippen LogP contribution in [0.15, 0.2) is 31.1 Å². The molecule has 0 spiro atoms. The molecule has 0 aliphatic carbocycles. The molecule has 4 nitrogen and oxygen atoms in total. The molecule has 0 unspecified atom stereocenters. The van der Waals surface area contributed by atoms with Crippen molar-refractivity contribution in [2.45, 2.75) is 20.3 Å². The molecule has 0 saturated carbocycles. The normalized spacial score (nSPS) is 17.9. The molecule has 0 atom stereocenters. The van der Waals surface area contributed by atoms with Crippen molar-refractivity contribution < 1.29 is 4.74 Å². The molecule has 1 aliphatic heterocycles. The van der Waals surface area contributed by atoms with Gasteiger partial charge in [0.05, 0.1) is 13.2 Å². The van der Waals surface area contributed by atoms with Gasteiger partial charge >= 0.3 is 0 Å². The van der Waals surface area contributed by atoms with Crippen LogP contribution in [-0.4, -0.2) is 28.0 Å². The van der Waals surface area contributed by atoms with Crippen LogP contribution in [-0.2, 0) is 18.2 Å². The predicted octanol–water partition coefficient (Wildman–Crippen LogP) is 2.14. The summed E-state index contributed by atoms with van der Waals surface area (Å²) in [6.45, 7) is 11.8. The van der Waals surface area contributed by atoms with Crippen LogP contribution in [0, 0.1) is 5.41 Å². The molecular formula is C13H21N3O. The van der Waals surface area contributed by atoms with Crippen LogP contribution in [0.1, 0.15) is 19.7 Å². The molecule has 0 radical (unpaired) electrons. The lowest BCUT2D eigenvalue weighted by atomic mass is 9.75. The van der Waals surface area contributed by atoms with Gasteiger partial charge < -0.3 is 9.30 Å². The van der Waals surface area contributed by atoms with Crippen molar-refractivity contribution >= 4 is 0 Å². The summed E-state index contributed by atoms with van der Waals surface area (Å²) in [6, 6.07) is 0. The van der Waals surface area contributed by atoms with Crippen LogP contribution in [0.25, 0.3) is 0 Å². The second kappa shape index (κ2) is 5.77.